The Labute approximate surface area is 129 Å². The van der Waals surface area contributed by atoms with Gasteiger partial charge < -0.3 is 10.2 Å². The van der Waals surface area contributed by atoms with E-state index in [0.29, 0.717) is 18.8 Å². The fourth-order valence-electron chi connectivity index (χ4n) is 1.84. The zero-order valence-electron chi connectivity index (χ0n) is 12.2. The first-order valence-electron chi connectivity index (χ1n) is 6.55. The minimum absolute atomic E-state index is 0.109. The minimum atomic E-state index is -3.56. The Hall–Kier alpha value is -1.09. The number of sulfonamides is 1. The second-order valence-electron chi connectivity index (χ2n) is 5.11. The first kappa shape index (κ1) is 16.3. The lowest BCUT2D eigenvalue weighted by atomic mass is 10.3. The van der Waals surface area contributed by atoms with Crippen molar-refractivity contribution in [1.29, 1.82) is 0 Å². The molecule has 0 saturated carbocycles. The summed E-state index contributed by atoms with van der Waals surface area (Å²) in [6, 6.07) is 4.80. The normalized spacial score (nSPS) is 18.5. The molecule has 0 bridgehead atoms. The lowest BCUT2D eigenvalue weighted by Gasteiger charge is -2.22. The van der Waals surface area contributed by atoms with E-state index in [1.54, 1.807) is 12.1 Å². The summed E-state index contributed by atoms with van der Waals surface area (Å²) in [7, 11) is 0.195. The summed E-state index contributed by atoms with van der Waals surface area (Å²) in [6.07, 6.45) is 0. The Balaban J connectivity index is 2.18. The number of anilines is 1. The van der Waals surface area contributed by atoms with Crippen molar-refractivity contribution in [3.05, 3.63) is 18.2 Å². The zero-order chi connectivity index (χ0) is 15.6. The molecule has 0 unspecified atom stereocenters. The quantitative estimate of drug-likeness (QED) is 0.841. The molecule has 1 aromatic rings. The predicted octanol–water partition coefficient (Wildman–Crippen LogP) is 0.959. The Kier molecular flexibility index (Phi) is 4.92. The lowest BCUT2D eigenvalue weighted by Crippen LogP contribution is -2.31. The molecule has 1 heterocycles. The molecule has 0 spiro atoms. The van der Waals surface area contributed by atoms with E-state index in [-0.39, 0.29) is 16.1 Å². The van der Waals surface area contributed by atoms with E-state index in [1.807, 2.05) is 25.9 Å². The van der Waals surface area contributed by atoms with Crippen LogP contribution in [-0.2, 0) is 14.8 Å². The summed E-state index contributed by atoms with van der Waals surface area (Å²) in [5.74, 6) is -0.109. The van der Waals surface area contributed by atoms with Crippen LogP contribution < -0.4 is 10.0 Å². The number of benzene rings is 1. The summed E-state index contributed by atoms with van der Waals surface area (Å²) >= 11 is 1.43. The van der Waals surface area contributed by atoms with Gasteiger partial charge in [0.15, 0.2) is 0 Å². The van der Waals surface area contributed by atoms with Gasteiger partial charge in [-0.05, 0) is 39.2 Å². The molecule has 21 heavy (non-hydrogen) atoms. The molecular formula is C13H19N3O3S2. The Bertz CT molecular complexity index is 644. The van der Waals surface area contributed by atoms with Gasteiger partial charge in [-0.1, -0.05) is 0 Å². The van der Waals surface area contributed by atoms with E-state index >= 15 is 0 Å². The molecule has 1 amide bonds. The zero-order valence-corrected chi connectivity index (χ0v) is 13.8. The van der Waals surface area contributed by atoms with Crippen molar-refractivity contribution in [3.8, 4) is 0 Å². The summed E-state index contributed by atoms with van der Waals surface area (Å²) in [5, 5.41) is 2.57. The first-order valence-corrected chi connectivity index (χ1v) is 8.92. The number of amides is 1. The number of thioether (sulfide) groups is 1. The molecule has 0 saturated heterocycles. The molecule has 2 rings (SSSR count). The van der Waals surface area contributed by atoms with Crippen molar-refractivity contribution < 1.29 is 13.2 Å². The first-order chi connectivity index (χ1) is 9.79. The molecule has 0 radical (unpaired) electrons. The summed E-state index contributed by atoms with van der Waals surface area (Å²) in [4.78, 5) is 14.6. The molecule has 8 heteroatoms. The van der Waals surface area contributed by atoms with Crippen molar-refractivity contribution in [2.75, 3.05) is 32.5 Å². The van der Waals surface area contributed by atoms with Crippen LogP contribution in [-0.4, -0.2) is 51.7 Å². The number of rotatable bonds is 5. The molecule has 6 nitrogen and oxygen atoms in total. The number of hydrogen-bond acceptors (Lipinski definition) is 5. The third-order valence-electron chi connectivity index (χ3n) is 3.04. The number of fused-ring (bicyclic) bond motifs is 1. The van der Waals surface area contributed by atoms with Gasteiger partial charge in [-0.2, -0.15) is 0 Å². The molecule has 0 fully saturated rings. The fourth-order valence-corrected chi connectivity index (χ4v) is 3.82. The molecule has 0 aromatic heterocycles. The number of nitrogens with one attached hydrogen (secondary N) is 2. The van der Waals surface area contributed by atoms with Crippen molar-refractivity contribution >= 4 is 33.4 Å². The maximum atomic E-state index is 12.2. The highest BCUT2D eigenvalue weighted by Crippen LogP contribution is 2.36. The van der Waals surface area contributed by atoms with Crippen LogP contribution in [0.3, 0.4) is 0 Å². The van der Waals surface area contributed by atoms with Gasteiger partial charge in [-0.3, -0.25) is 4.79 Å². The van der Waals surface area contributed by atoms with Gasteiger partial charge in [0.1, 0.15) is 0 Å². The van der Waals surface area contributed by atoms with E-state index in [4.69, 9.17) is 0 Å². The second kappa shape index (κ2) is 6.35. The van der Waals surface area contributed by atoms with Gasteiger partial charge in [-0.15, -0.1) is 11.8 Å². The number of carbonyl (C=O) groups excluding carboxylic acids is 1. The van der Waals surface area contributed by atoms with E-state index in [1.165, 1.54) is 17.8 Å². The van der Waals surface area contributed by atoms with Crippen LogP contribution in [0.2, 0.25) is 0 Å². The molecule has 116 valence electrons. The van der Waals surface area contributed by atoms with E-state index in [0.717, 1.165) is 4.90 Å². The highest BCUT2D eigenvalue weighted by atomic mass is 32.2. The summed E-state index contributed by atoms with van der Waals surface area (Å²) in [5.41, 5.74) is 0.554. The molecule has 1 aromatic carbocycles. The number of likely N-dealkylation sites (N-methyl/N-ethyl adjacent to an activating group) is 1. The maximum absolute atomic E-state index is 12.2. The van der Waals surface area contributed by atoms with Crippen LogP contribution in [0.1, 0.15) is 6.92 Å². The van der Waals surface area contributed by atoms with Gasteiger partial charge in [0.05, 0.1) is 15.8 Å². The van der Waals surface area contributed by atoms with Crippen LogP contribution in [0.4, 0.5) is 5.69 Å². The Morgan fingerprint density at radius 1 is 1.38 bits per heavy atom. The smallest absolute Gasteiger partial charge is 0.240 e. The van der Waals surface area contributed by atoms with Crippen LogP contribution in [0.5, 0.6) is 0 Å². The SMILES string of the molecule is C[C@@H]1Sc2ccc(S(=O)(=O)NCCN(C)C)cc2NC1=O. The van der Waals surface area contributed by atoms with Gasteiger partial charge in [-0.25, -0.2) is 13.1 Å². The summed E-state index contributed by atoms with van der Waals surface area (Å²) < 4.78 is 26.9. The second-order valence-corrected chi connectivity index (χ2v) is 8.26. The average Bonchev–Trinajstić information content (AvgIpc) is 2.38. The molecule has 1 aliphatic heterocycles. The standard InChI is InChI=1S/C13H19N3O3S2/c1-9-13(17)15-11-8-10(4-5-12(11)20-9)21(18,19)14-6-7-16(2)3/h4-5,8-9,14H,6-7H2,1-3H3,(H,15,17)/t9-/m0/s1. The number of carbonyl (C=O) groups is 1. The van der Waals surface area contributed by atoms with Crippen molar-refractivity contribution in [3.63, 3.8) is 0 Å². The third kappa shape index (κ3) is 3.97. The van der Waals surface area contributed by atoms with E-state index in [9.17, 15) is 13.2 Å². The third-order valence-corrected chi connectivity index (χ3v) is 5.68. The largest absolute Gasteiger partial charge is 0.324 e. The van der Waals surface area contributed by atoms with Crippen LogP contribution in [0.25, 0.3) is 0 Å². The fraction of sp³-hybridized carbons (Fsp3) is 0.462. The number of nitrogens with zero attached hydrogens (tertiary/aromatic N) is 1. The highest BCUT2D eigenvalue weighted by molar-refractivity contribution is 8.01. The average molecular weight is 329 g/mol. The minimum Gasteiger partial charge on any atom is -0.324 e. The van der Waals surface area contributed by atoms with E-state index < -0.39 is 10.0 Å². The maximum Gasteiger partial charge on any atom is 0.240 e. The van der Waals surface area contributed by atoms with E-state index in [2.05, 4.69) is 10.0 Å². The molecule has 0 aliphatic carbocycles. The van der Waals surface area contributed by atoms with Gasteiger partial charge in [0, 0.05) is 18.0 Å². The van der Waals surface area contributed by atoms with Crippen molar-refractivity contribution in [1.82, 2.24) is 9.62 Å². The summed E-state index contributed by atoms with van der Waals surface area (Å²) in [6.45, 7) is 2.77. The van der Waals surface area contributed by atoms with Gasteiger partial charge in [0.2, 0.25) is 15.9 Å². The number of hydrogen-bond donors (Lipinski definition) is 2. The highest BCUT2D eigenvalue weighted by Gasteiger charge is 2.24. The monoisotopic (exact) mass is 329 g/mol. The van der Waals surface area contributed by atoms with Crippen molar-refractivity contribution in [2.45, 2.75) is 22.0 Å². The van der Waals surface area contributed by atoms with Crippen molar-refractivity contribution in [2.24, 2.45) is 0 Å². The molecule has 2 N–H and O–H groups in total. The van der Waals surface area contributed by atoms with Gasteiger partial charge >= 0.3 is 0 Å². The molecule has 1 aliphatic rings. The van der Waals surface area contributed by atoms with Crippen LogP contribution >= 0.6 is 11.8 Å². The molecular weight excluding hydrogens is 310 g/mol. The predicted molar refractivity (Wildman–Crippen MR) is 84.1 cm³/mol. The van der Waals surface area contributed by atoms with Crippen LogP contribution in [0, 0.1) is 0 Å². The molecule has 1 atom stereocenters. The lowest BCUT2D eigenvalue weighted by molar-refractivity contribution is -0.115. The Morgan fingerprint density at radius 3 is 2.76 bits per heavy atom. The van der Waals surface area contributed by atoms with Gasteiger partial charge in [0.25, 0.3) is 0 Å². The Morgan fingerprint density at radius 2 is 2.10 bits per heavy atom. The van der Waals surface area contributed by atoms with Crippen LogP contribution in [0.15, 0.2) is 28.0 Å². The topological polar surface area (TPSA) is 78.5 Å².